The summed E-state index contributed by atoms with van der Waals surface area (Å²) in [5, 5.41) is 0.600. The molecule has 0 bridgehead atoms. The summed E-state index contributed by atoms with van der Waals surface area (Å²) in [5.74, 6) is 0.613. The molecule has 1 aliphatic heterocycles. The van der Waals surface area contributed by atoms with E-state index in [0.29, 0.717) is 16.6 Å². The number of aromatic nitrogens is 1. The number of anilines is 2. The molecular formula is C17H20FN5S. The number of rotatable bonds is 5. The lowest BCUT2D eigenvalue weighted by Gasteiger charge is -2.40. The molecule has 5 nitrogen and oxygen atoms in total. The zero-order chi connectivity index (χ0) is 17.1. The lowest BCUT2D eigenvalue weighted by Crippen LogP contribution is -2.50. The van der Waals surface area contributed by atoms with Crippen molar-refractivity contribution >= 4 is 35.4 Å². The van der Waals surface area contributed by atoms with Crippen LogP contribution in [-0.4, -0.2) is 47.9 Å². The van der Waals surface area contributed by atoms with Crippen molar-refractivity contribution in [3.8, 4) is 0 Å². The van der Waals surface area contributed by atoms with E-state index in [2.05, 4.69) is 33.3 Å². The number of hydrogen-bond acceptors (Lipinski definition) is 6. The van der Waals surface area contributed by atoms with Crippen LogP contribution in [0.5, 0.6) is 0 Å². The molecule has 126 valence electrons. The van der Waals surface area contributed by atoms with Crippen LogP contribution in [0.1, 0.15) is 5.56 Å². The normalized spacial score (nSPS) is 15.2. The first-order valence-electron chi connectivity index (χ1n) is 7.65. The Labute approximate surface area is 145 Å². The quantitative estimate of drug-likeness (QED) is 0.667. The maximum Gasteiger partial charge on any atom is 0.130 e. The Bertz CT molecular complexity index is 726. The first-order valence-corrected chi connectivity index (χ1v) is 8.49. The number of nitrogens with zero attached hydrogens (tertiary/aromatic N) is 4. The monoisotopic (exact) mass is 345 g/mol. The van der Waals surface area contributed by atoms with Gasteiger partial charge < -0.3 is 10.6 Å². The van der Waals surface area contributed by atoms with Crippen molar-refractivity contribution in [3.05, 3.63) is 47.9 Å². The summed E-state index contributed by atoms with van der Waals surface area (Å²) in [6.45, 7) is 1.94. The first-order chi connectivity index (χ1) is 11.5. The molecule has 24 heavy (non-hydrogen) atoms. The van der Waals surface area contributed by atoms with Crippen LogP contribution in [0, 0.1) is 5.82 Å². The van der Waals surface area contributed by atoms with Crippen molar-refractivity contribution in [3.63, 3.8) is 0 Å². The van der Waals surface area contributed by atoms with Gasteiger partial charge in [0.05, 0.1) is 10.9 Å². The fourth-order valence-electron chi connectivity index (χ4n) is 2.41. The second kappa shape index (κ2) is 7.19. The maximum absolute atomic E-state index is 12.9. The summed E-state index contributed by atoms with van der Waals surface area (Å²) >= 11 is 1.84. The summed E-state index contributed by atoms with van der Waals surface area (Å²) in [6.07, 6.45) is 3.38. The third kappa shape index (κ3) is 4.04. The highest BCUT2D eigenvalue weighted by Gasteiger charge is 2.29. The first kappa shape index (κ1) is 16.7. The Morgan fingerprint density at radius 3 is 2.67 bits per heavy atom. The van der Waals surface area contributed by atoms with E-state index < -0.39 is 0 Å². The molecule has 2 heterocycles. The van der Waals surface area contributed by atoms with Gasteiger partial charge in [-0.3, -0.25) is 9.30 Å². The highest BCUT2D eigenvalue weighted by Crippen LogP contribution is 2.29. The average molecular weight is 345 g/mol. The molecule has 1 aliphatic rings. The molecule has 0 amide bonds. The van der Waals surface area contributed by atoms with Crippen molar-refractivity contribution in [2.75, 3.05) is 37.8 Å². The van der Waals surface area contributed by atoms with Crippen LogP contribution in [0.15, 0.2) is 41.5 Å². The van der Waals surface area contributed by atoms with Gasteiger partial charge in [0.15, 0.2) is 0 Å². The predicted molar refractivity (Wildman–Crippen MR) is 99.6 cm³/mol. The second-order valence-electron chi connectivity index (χ2n) is 5.85. The Kier molecular flexibility index (Phi) is 5.01. The highest BCUT2D eigenvalue weighted by molar-refractivity contribution is 7.97. The molecule has 1 saturated heterocycles. The van der Waals surface area contributed by atoms with Gasteiger partial charge in [0, 0.05) is 42.8 Å². The lowest BCUT2D eigenvalue weighted by molar-refractivity contribution is 0.601. The van der Waals surface area contributed by atoms with Crippen LogP contribution >= 0.6 is 11.9 Å². The Morgan fingerprint density at radius 1 is 1.33 bits per heavy atom. The molecule has 0 aliphatic carbocycles. The van der Waals surface area contributed by atoms with Crippen LogP contribution in [0.3, 0.4) is 0 Å². The number of nitrogens with two attached hydrogens (primary N) is 1. The SMILES string of the molecule is CN(C)SC1CN(c2cc(N)c(C=Nc3ccc(F)cc3)cn2)C1. The summed E-state index contributed by atoms with van der Waals surface area (Å²) in [7, 11) is 4.11. The van der Waals surface area contributed by atoms with Gasteiger partial charge in [-0.2, -0.15) is 0 Å². The predicted octanol–water partition coefficient (Wildman–Crippen LogP) is 2.95. The lowest BCUT2D eigenvalue weighted by atomic mass is 10.2. The molecule has 0 radical (unpaired) electrons. The molecule has 1 aromatic carbocycles. The molecule has 0 spiro atoms. The van der Waals surface area contributed by atoms with Crippen molar-refractivity contribution in [1.82, 2.24) is 9.29 Å². The molecule has 0 atom stereocenters. The van der Waals surface area contributed by atoms with Crippen LogP contribution in [-0.2, 0) is 0 Å². The second-order valence-corrected chi connectivity index (χ2v) is 7.46. The molecule has 3 rings (SSSR count). The van der Waals surface area contributed by atoms with E-state index in [1.165, 1.54) is 12.1 Å². The third-order valence-electron chi connectivity index (χ3n) is 3.67. The van der Waals surface area contributed by atoms with E-state index in [1.54, 1.807) is 24.5 Å². The summed E-state index contributed by atoms with van der Waals surface area (Å²) in [4.78, 5) is 11.0. The molecule has 7 heteroatoms. The maximum atomic E-state index is 12.9. The topological polar surface area (TPSA) is 57.8 Å². The van der Waals surface area contributed by atoms with Crippen molar-refractivity contribution in [1.29, 1.82) is 0 Å². The smallest absolute Gasteiger partial charge is 0.130 e. The van der Waals surface area contributed by atoms with Gasteiger partial charge in [-0.25, -0.2) is 9.37 Å². The van der Waals surface area contributed by atoms with Crippen LogP contribution in [0.2, 0.25) is 0 Å². The van der Waals surface area contributed by atoms with E-state index in [-0.39, 0.29) is 5.82 Å². The summed E-state index contributed by atoms with van der Waals surface area (Å²) < 4.78 is 15.0. The van der Waals surface area contributed by atoms with Crippen molar-refractivity contribution in [2.45, 2.75) is 5.25 Å². The van der Waals surface area contributed by atoms with Gasteiger partial charge in [0.25, 0.3) is 0 Å². The minimum Gasteiger partial charge on any atom is -0.398 e. The Balaban J connectivity index is 1.64. The fraction of sp³-hybridized carbons (Fsp3) is 0.294. The standard InChI is InChI=1S/C17H20FN5S/c1-22(2)24-15-10-23(11-15)17-7-16(19)12(9-21-17)8-20-14-5-3-13(18)4-6-14/h3-9,15H,10-11H2,1-2H3,(H2,19,21). The van der Waals surface area contributed by atoms with Crippen molar-refractivity contribution < 1.29 is 4.39 Å². The van der Waals surface area contributed by atoms with E-state index in [1.807, 2.05) is 18.0 Å². The minimum absolute atomic E-state index is 0.278. The van der Waals surface area contributed by atoms with Gasteiger partial charge in [-0.1, -0.05) is 11.9 Å². The summed E-state index contributed by atoms with van der Waals surface area (Å²) in [5.41, 5.74) is 8.17. The molecular weight excluding hydrogens is 325 g/mol. The largest absolute Gasteiger partial charge is 0.398 e. The number of halogens is 1. The number of pyridine rings is 1. The van der Waals surface area contributed by atoms with Gasteiger partial charge in [0.1, 0.15) is 11.6 Å². The minimum atomic E-state index is -0.278. The van der Waals surface area contributed by atoms with Crippen LogP contribution in [0.4, 0.5) is 21.6 Å². The highest BCUT2D eigenvalue weighted by atomic mass is 32.2. The third-order valence-corrected chi connectivity index (χ3v) is 4.68. The summed E-state index contributed by atoms with van der Waals surface area (Å²) in [6, 6.07) is 7.87. The molecule has 0 saturated carbocycles. The number of benzene rings is 1. The van der Waals surface area contributed by atoms with E-state index in [4.69, 9.17) is 5.73 Å². The molecule has 2 N–H and O–H groups in total. The molecule has 2 aromatic rings. The van der Waals surface area contributed by atoms with E-state index >= 15 is 0 Å². The van der Waals surface area contributed by atoms with Gasteiger partial charge in [0.2, 0.25) is 0 Å². The van der Waals surface area contributed by atoms with Gasteiger partial charge in [-0.15, -0.1) is 0 Å². The molecule has 0 unspecified atom stereocenters. The number of aliphatic imine (C=N–C) groups is 1. The van der Waals surface area contributed by atoms with Crippen LogP contribution < -0.4 is 10.6 Å². The fourth-order valence-corrected chi connectivity index (χ4v) is 3.50. The Hall–Kier alpha value is -2.12. The Morgan fingerprint density at radius 2 is 2.04 bits per heavy atom. The van der Waals surface area contributed by atoms with E-state index in [0.717, 1.165) is 24.5 Å². The molecule has 1 fully saturated rings. The van der Waals surface area contributed by atoms with Crippen molar-refractivity contribution in [2.24, 2.45) is 4.99 Å². The number of hydrogen-bond donors (Lipinski definition) is 1. The van der Waals surface area contributed by atoms with Gasteiger partial charge >= 0.3 is 0 Å². The number of nitrogen functional groups attached to an aromatic ring is 1. The zero-order valence-electron chi connectivity index (χ0n) is 13.7. The van der Waals surface area contributed by atoms with Gasteiger partial charge in [-0.05, 0) is 38.4 Å². The zero-order valence-corrected chi connectivity index (χ0v) is 14.5. The van der Waals surface area contributed by atoms with Crippen LogP contribution in [0.25, 0.3) is 0 Å². The molecule has 1 aromatic heterocycles. The van der Waals surface area contributed by atoms with E-state index in [9.17, 15) is 4.39 Å². The average Bonchev–Trinajstić information content (AvgIpc) is 2.51.